The summed E-state index contributed by atoms with van der Waals surface area (Å²) in [4.78, 5) is 22.9. The van der Waals surface area contributed by atoms with E-state index in [0.717, 1.165) is 54.3 Å². The Morgan fingerprint density at radius 1 is 0.882 bits per heavy atom. The van der Waals surface area contributed by atoms with E-state index in [1.165, 1.54) is 37.6 Å². The van der Waals surface area contributed by atoms with Crippen LogP contribution in [0.15, 0.2) is 79.0 Å². The van der Waals surface area contributed by atoms with E-state index < -0.39 is 0 Å². The summed E-state index contributed by atoms with van der Waals surface area (Å²) in [5, 5.41) is 13.8. The third-order valence-corrected chi connectivity index (χ3v) is 11.7. The quantitative estimate of drug-likeness (QED) is 0.0815. The number of ketones is 1. The largest absolute Gasteiger partial charge is 0.512 e. The van der Waals surface area contributed by atoms with Crippen molar-refractivity contribution in [3.8, 4) is 22.4 Å². The Balaban J connectivity index is 0.000000335. The Bertz CT molecular complexity index is 1960. The maximum atomic E-state index is 12.2. The van der Waals surface area contributed by atoms with Gasteiger partial charge in [0.25, 0.3) is 0 Å². The molecule has 0 aliphatic heterocycles. The first-order valence-corrected chi connectivity index (χ1v) is 19.1. The summed E-state index contributed by atoms with van der Waals surface area (Å²) in [6.07, 6.45) is 11.7. The summed E-state index contributed by atoms with van der Waals surface area (Å²) in [5.41, 5.74) is 5.03. The van der Waals surface area contributed by atoms with E-state index in [1.54, 1.807) is 0 Å². The fourth-order valence-corrected chi connectivity index (χ4v) is 7.43. The van der Waals surface area contributed by atoms with Crippen LogP contribution in [0.3, 0.4) is 0 Å². The van der Waals surface area contributed by atoms with Crippen LogP contribution in [0.4, 0.5) is 0 Å². The first kappa shape index (κ1) is 42.2. The third-order valence-electron chi connectivity index (χ3n) is 10.6. The van der Waals surface area contributed by atoms with Crippen molar-refractivity contribution in [3.05, 3.63) is 95.5 Å². The van der Waals surface area contributed by atoms with Gasteiger partial charge in [0.05, 0.1) is 4.70 Å². The van der Waals surface area contributed by atoms with Crippen LogP contribution in [0.5, 0.6) is 0 Å². The van der Waals surface area contributed by atoms with Crippen LogP contribution in [0, 0.1) is 22.8 Å². The van der Waals surface area contributed by atoms with E-state index in [0.29, 0.717) is 5.92 Å². The molecule has 0 amide bonds. The number of allylic oxidation sites excluding steroid dienone is 2. The van der Waals surface area contributed by atoms with Crippen LogP contribution in [-0.2, 0) is 36.7 Å². The molecule has 0 spiro atoms. The fourth-order valence-electron chi connectivity index (χ4n) is 6.16. The zero-order valence-electron chi connectivity index (χ0n) is 32.5. The molecule has 6 heteroatoms. The predicted molar refractivity (Wildman–Crippen MR) is 215 cm³/mol. The van der Waals surface area contributed by atoms with Gasteiger partial charge in [-0.25, -0.2) is 0 Å². The summed E-state index contributed by atoms with van der Waals surface area (Å²) in [6.45, 7) is 23.4. The number of thiophene rings is 1. The molecule has 275 valence electrons. The van der Waals surface area contributed by atoms with E-state index in [-0.39, 0.29) is 47.9 Å². The van der Waals surface area contributed by atoms with Crippen molar-refractivity contribution in [3.63, 3.8) is 0 Å². The van der Waals surface area contributed by atoms with Crippen molar-refractivity contribution in [1.82, 2.24) is 9.97 Å². The van der Waals surface area contributed by atoms with Gasteiger partial charge in [0.15, 0.2) is 5.78 Å². The van der Waals surface area contributed by atoms with Crippen LogP contribution in [0.1, 0.15) is 112 Å². The minimum absolute atomic E-state index is 0. The normalized spacial score (nSPS) is 12.5. The fraction of sp³-hybridized carbons (Fsp3) is 0.444. The molecular weight excluding hydrogens is 825 g/mol. The number of nitrogens with zero attached hydrogens (tertiary/aromatic N) is 2. The maximum Gasteiger partial charge on any atom is 0.164 e. The molecule has 0 atom stereocenters. The van der Waals surface area contributed by atoms with Gasteiger partial charge in [-0.15, -0.1) is 40.5 Å². The number of aromatic nitrogens is 2. The van der Waals surface area contributed by atoms with Gasteiger partial charge in [0.2, 0.25) is 0 Å². The molecule has 51 heavy (non-hydrogen) atoms. The molecular formula is C45H57IrN2O2S-. The standard InChI is InChI=1S/C30H29N2S.C15H28O2.Ir/c1-19(2)12-23-16-25-26(17-31-18-29(25)33-23)21-10-11-32-28(15-21)22-13-20-8-6-7-9-24(20)27(14-22)30(3,4)5;1-7-14(5,8-2)12(16)11-13(17)15(6,9-3)10-4;/h6-11,14-19H,12H2,1-5H3;11,16H,7-10H2,1-6H3;/q-1;;/b;12-11-;. The molecule has 0 saturated carbocycles. The van der Waals surface area contributed by atoms with E-state index in [9.17, 15) is 9.90 Å². The summed E-state index contributed by atoms with van der Waals surface area (Å²) in [7, 11) is 0. The molecule has 0 fully saturated rings. The number of aliphatic hydroxyl groups excluding tert-OH is 1. The van der Waals surface area contributed by atoms with Crippen LogP contribution in [0.2, 0.25) is 0 Å². The van der Waals surface area contributed by atoms with Crippen LogP contribution in [-0.4, -0.2) is 20.9 Å². The van der Waals surface area contributed by atoms with Crippen molar-refractivity contribution in [2.75, 3.05) is 0 Å². The smallest absolute Gasteiger partial charge is 0.164 e. The monoisotopic (exact) mass is 882 g/mol. The number of hydrogen-bond acceptors (Lipinski definition) is 5. The van der Waals surface area contributed by atoms with E-state index >= 15 is 0 Å². The molecule has 1 radical (unpaired) electrons. The second kappa shape index (κ2) is 17.6. The molecule has 1 N–H and O–H groups in total. The van der Waals surface area contributed by atoms with Gasteiger partial charge >= 0.3 is 0 Å². The maximum absolute atomic E-state index is 12.2. The Kier molecular flexibility index (Phi) is 14.5. The SMILES string of the molecule is CC(C)Cc1cc2c(-c3ccnc(-c4[c-]c5ccccc5c(C(C)(C)C)c4)c3)cncc2s1.CCC(C)(CC)C(=O)/C=C(\O)C(C)(CC)CC.[Ir]. The number of carbonyl (C=O) groups excluding carboxylic acids is 1. The zero-order valence-corrected chi connectivity index (χ0v) is 35.7. The van der Waals surface area contributed by atoms with E-state index in [1.807, 2.05) is 71.5 Å². The van der Waals surface area contributed by atoms with Crippen LogP contribution in [0.25, 0.3) is 43.2 Å². The number of pyridine rings is 2. The molecule has 0 aliphatic rings. The van der Waals surface area contributed by atoms with Crippen molar-refractivity contribution in [2.45, 2.75) is 114 Å². The molecule has 3 aromatic heterocycles. The van der Waals surface area contributed by atoms with Crippen molar-refractivity contribution < 1.29 is 30.0 Å². The number of aliphatic hydroxyl groups is 1. The summed E-state index contributed by atoms with van der Waals surface area (Å²) < 4.78 is 1.24. The predicted octanol–water partition coefficient (Wildman–Crippen LogP) is 13.1. The minimum atomic E-state index is -0.337. The van der Waals surface area contributed by atoms with Crippen molar-refractivity contribution >= 4 is 38.0 Å². The number of hydrogen-bond donors (Lipinski definition) is 1. The van der Waals surface area contributed by atoms with Crippen molar-refractivity contribution in [2.24, 2.45) is 16.7 Å². The first-order valence-electron chi connectivity index (χ1n) is 18.3. The van der Waals surface area contributed by atoms with Gasteiger partial charge in [-0.05, 0) is 61.1 Å². The topological polar surface area (TPSA) is 63.1 Å². The molecule has 3 heterocycles. The average Bonchev–Trinajstić information content (AvgIpc) is 3.52. The van der Waals surface area contributed by atoms with Crippen LogP contribution >= 0.6 is 11.3 Å². The third kappa shape index (κ3) is 9.83. The second-order valence-corrected chi connectivity index (χ2v) is 16.8. The van der Waals surface area contributed by atoms with Gasteiger partial charge in [0, 0.05) is 77.1 Å². The Morgan fingerprint density at radius 3 is 2.14 bits per heavy atom. The van der Waals surface area contributed by atoms with E-state index in [4.69, 9.17) is 4.98 Å². The molecule has 4 nitrogen and oxygen atoms in total. The van der Waals surface area contributed by atoms with Crippen molar-refractivity contribution in [1.29, 1.82) is 0 Å². The van der Waals surface area contributed by atoms with E-state index in [2.05, 4.69) is 94.2 Å². The molecule has 0 unspecified atom stereocenters. The summed E-state index contributed by atoms with van der Waals surface area (Å²) in [6, 6.07) is 21.0. The molecule has 2 aromatic carbocycles. The number of carbonyl (C=O) groups is 1. The molecule has 0 saturated heterocycles. The average molecular weight is 882 g/mol. The van der Waals surface area contributed by atoms with Gasteiger partial charge in [-0.3, -0.25) is 14.8 Å². The molecule has 5 aromatic rings. The first-order chi connectivity index (χ1) is 23.6. The molecule has 0 bridgehead atoms. The van der Waals surface area contributed by atoms with Gasteiger partial charge in [-0.1, -0.05) is 111 Å². The number of benzene rings is 2. The second-order valence-electron chi connectivity index (χ2n) is 15.7. The molecule has 0 aliphatic carbocycles. The van der Waals surface area contributed by atoms with Gasteiger partial charge in [-0.2, -0.15) is 0 Å². The summed E-state index contributed by atoms with van der Waals surface area (Å²) >= 11 is 1.86. The zero-order chi connectivity index (χ0) is 36.9. The Morgan fingerprint density at radius 2 is 1.53 bits per heavy atom. The number of fused-ring (bicyclic) bond motifs is 2. The minimum Gasteiger partial charge on any atom is -0.512 e. The summed E-state index contributed by atoms with van der Waals surface area (Å²) in [5.74, 6) is 0.927. The Hall–Kier alpha value is -3.18. The molecule has 5 rings (SSSR count). The Labute approximate surface area is 324 Å². The number of rotatable bonds is 11. The van der Waals surface area contributed by atoms with Crippen LogP contribution < -0.4 is 0 Å². The van der Waals surface area contributed by atoms with Gasteiger partial charge < -0.3 is 5.11 Å². The van der Waals surface area contributed by atoms with Gasteiger partial charge in [0.1, 0.15) is 5.76 Å².